The predicted octanol–water partition coefficient (Wildman–Crippen LogP) is 3.45. The molecule has 0 atom stereocenters. The van der Waals surface area contributed by atoms with E-state index in [1.165, 1.54) is 4.90 Å². The molecule has 0 radical (unpaired) electrons. The summed E-state index contributed by atoms with van der Waals surface area (Å²) in [6.07, 6.45) is 0.0933. The van der Waals surface area contributed by atoms with Crippen LogP contribution in [-0.2, 0) is 14.3 Å². The van der Waals surface area contributed by atoms with Gasteiger partial charge < -0.3 is 9.64 Å². The lowest BCUT2D eigenvalue weighted by Gasteiger charge is -2.21. The van der Waals surface area contributed by atoms with Gasteiger partial charge in [0.15, 0.2) is 12.4 Å². The molecule has 144 valence electrons. The van der Waals surface area contributed by atoms with E-state index in [0.717, 1.165) is 5.56 Å². The Bertz CT molecular complexity index is 854. The van der Waals surface area contributed by atoms with Gasteiger partial charge in [-0.05, 0) is 19.1 Å². The number of carbonyl (C=O) groups excluding carboxylic acids is 3. The van der Waals surface area contributed by atoms with E-state index in [4.69, 9.17) is 10.00 Å². The van der Waals surface area contributed by atoms with Gasteiger partial charge in [0.2, 0.25) is 0 Å². The van der Waals surface area contributed by atoms with Crippen molar-refractivity contribution >= 4 is 23.3 Å². The summed E-state index contributed by atoms with van der Waals surface area (Å²) in [6.45, 7) is 1.71. The Morgan fingerprint density at radius 3 is 2.32 bits per heavy atom. The molecule has 0 unspecified atom stereocenters. The minimum atomic E-state index is -0.609. The lowest BCUT2D eigenvalue weighted by atomic mass is 10.1. The number of rotatable bonds is 9. The predicted molar refractivity (Wildman–Crippen MR) is 105 cm³/mol. The number of Topliss-reactive ketones (excluding diaryl/α,β-unsaturated/α-hetero) is 1. The number of ketones is 1. The minimum absolute atomic E-state index is 0.0208. The number of anilines is 1. The van der Waals surface area contributed by atoms with Crippen LogP contribution in [0.5, 0.6) is 0 Å². The van der Waals surface area contributed by atoms with Gasteiger partial charge in [-0.2, -0.15) is 5.26 Å². The van der Waals surface area contributed by atoms with Crippen molar-refractivity contribution in [2.24, 2.45) is 0 Å². The molecule has 0 saturated heterocycles. The summed E-state index contributed by atoms with van der Waals surface area (Å²) < 4.78 is 5.03. The van der Waals surface area contributed by atoms with E-state index in [1.807, 2.05) is 31.2 Å². The Morgan fingerprint density at radius 1 is 1.00 bits per heavy atom. The van der Waals surface area contributed by atoms with Crippen LogP contribution in [0.25, 0.3) is 0 Å². The number of hydrogen-bond donors (Lipinski definition) is 0. The fourth-order valence-electron chi connectivity index (χ4n) is 2.56. The highest BCUT2D eigenvalue weighted by molar-refractivity contribution is 5.98. The fraction of sp³-hybridized carbons (Fsp3) is 0.273. The Labute approximate surface area is 164 Å². The summed E-state index contributed by atoms with van der Waals surface area (Å²) in [6, 6.07) is 18.0. The van der Waals surface area contributed by atoms with Crippen molar-refractivity contribution in [3.05, 3.63) is 65.7 Å². The highest BCUT2D eigenvalue weighted by Gasteiger charge is 2.18. The number of nitrogens with zero attached hydrogens (tertiary/aromatic N) is 2. The van der Waals surface area contributed by atoms with Crippen LogP contribution in [0.4, 0.5) is 5.69 Å². The molecule has 0 aliphatic rings. The largest absolute Gasteiger partial charge is 0.456 e. The van der Waals surface area contributed by atoms with Crippen molar-refractivity contribution < 1.29 is 19.1 Å². The summed E-state index contributed by atoms with van der Waals surface area (Å²) in [4.78, 5) is 37.8. The van der Waals surface area contributed by atoms with Crippen LogP contribution in [-0.4, -0.2) is 30.8 Å². The smallest absolute Gasteiger partial charge is 0.306 e. The number of para-hydroxylation sites is 1. The molecule has 0 N–H and O–H groups in total. The third-order valence-electron chi connectivity index (χ3n) is 4.10. The fourth-order valence-corrected chi connectivity index (χ4v) is 2.56. The second-order valence-corrected chi connectivity index (χ2v) is 6.24. The molecule has 2 rings (SSSR count). The van der Waals surface area contributed by atoms with Crippen molar-refractivity contribution in [1.29, 1.82) is 5.26 Å². The van der Waals surface area contributed by atoms with Crippen LogP contribution in [0.3, 0.4) is 0 Å². The number of esters is 1. The standard InChI is InChI=1S/C22H22N2O4/c1-17-8-10-18(11-9-17)20(25)12-13-22(27)28-16-21(26)24(15-5-14-23)19-6-3-2-4-7-19/h2-4,6-11H,5,12-13,15-16H2,1H3. The molecule has 6 nitrogen and oxygen atoms in total. The average Bonchev–Trinajstić information content (AvgIpc) is 2.72. The maximum atomic E-state index is 12.4. The van der Waals surface area contributed by atoms with Crippen LogP contribution < -0.4 is 4.90 Å². The molecule has 0 spiro atoms. The zero-order valence-corrected chi connectivity index (χ0v) is 15.8. The van der Waals surface area contributed by atoms with E-state index >= 15 is 0 Å². The normalized spacial score (nSPS) is 10.0. The van der Waals surface area contributed by atoms with Gasteiger partial charge in [0.05, 0.1) is 18.9 Å². The van der Waals surface area contributed by atoms with Gasteiger partial charge in [-0.15, -0.1) is 0 Å². The van der Waals surface area contributed by atoms with E-state index in [2.05, 4.69) is 0 Å². The zero-order valence-electron chi connectivity index (χ0n) is 15.8. The van der Waals surface area contributed by atoms with E-state index in [0.29, 0.717) is 11.3 Å². The third-order valence-corrected chi connectivity index (χ3v) is 4.10. The lowest BCUT2D eigenvalue weighted by Crippen LogP contribution is -2.35. The van der Waals surface area contributed by atoms with Crippen molar-refractivity contribution in [2.45, 2.75) is 26.2 Å². The monoisotopic (exact) mass is 378 g/mol. The number of nitriles is 1. The van der Waals surface area contributed by atoms with E-state index in [9.17, 15) is 14.4 Å². The summed E-state index contributed by atoms with van der Waals surface area (Å²) in [5.74, 6) is -1.18. The van der Waals surface area contributed by atoms with Crippen LogP contribution >= 0.6 is 0 Å². The molecule has 0 fully saturated rings. The number of carbonyl (C=O) groups is 3. The quantitative estimate of drug-likeness (QED) is 0.493. The molecule has 2 aromatic rings. The first-order valence-electron chi connectivity index (χ1n) is 8.99. The maximum Gasteiger partial charge on any atom is 0.306 e. The highest BCUT2D eigenvalue weighted by atomic mass is 16.5. The third kappa shape index (κ3) is 6.36. The molecule has 0 aromatic heterocycles. The number of ether oxygens (including phenoxy) is 1. The molecular weight excluding hydrogens is 356 g/mol. The van der Waals surface area contributed by atoms with Crippen molar-refractivity contribution in [2.75, 3.05) is 18.1 Å². The van der Waals surface area contributed by atoms with Gasteiger partial charge in [0, 0.05) is 24.2 Å². The Hall–Kier alpha value is -3.46. The first kappa shape index (κ1) is 20.8. The Kier molecular flexibility index (Phi) is 7.92. The highest BCUT2D eigenvalue weighted by Crippen LogP contribution is 2.14. The summed E-state index contributed by atoms with van der Waals surface area (Å²) in [5, 5.41) is 8.79. The molecule has 0 aliphatic heterocycles. The lowest BCUT2D eigenvalue weighted by molar-refractivity contribution is -0.147. The Balaban J connectivity index is 1.84. The summed E-state index contributed by atoms with van der Waals surface area (Å²) in [5.41, 5.74) is 2.23. The summed E-state index contributed by atoms with van der Waals surface area (Å²) in [7, 11) is 0. The first-order chi connectivity index (χ1) is 13.5. The van der Waals surface area contributed by atoms with Gasteiger partial charge in [0.1, 0.15) is 0 Å². The van der Waals surface area contributed by atoms with Crippen molar-refractivity contribution in [1.82, 2.24) is 0 Å². The first-order valence-corrected chi connectivity index (χ1v) is 8.99. The molecule has 0 saturated carbocycles. The second kappa shape index (κ2) is 10.6. The van der Waals surface area contributed by atoms with Crippen molar-refractivity contribution in [3.63, 3.8) is 0 Å². The molecular formula is C22H22N2O4. The van der Waals surface area contributed by atoms with E-state index in [1.54, 1.807) is 36.4 Å². The van der Waals surface area contributed by atoms with Crippen LogP contribution in [0.15, 0.2) is 54.6 Å². The number of hydrogen-bond acceptors (Lipinski definition) is 5. The van der Waals surface area contributed by atoms with E-state index in [-0.39, 0.29) is 31.6 Å². The van der Waals surface area contributed by atoms with Crippen LogP contribution in [0.2, 0.25) is 0 Å². The Morgan fingerprint density at radius 2 is 1.68 bits per heavy atom. The molecule has 1 amide bonds. The molecule has 6 heteroatoms. The number of benzene rings is 2. The number of aryl methyl sites for hydroxylation is 1. The van der Waals surface area contributed by atoms with Gasteiger partial charge >= 0.3 is 5.97 Å². The van der Waals surface area contributed by atoms with Gasteiger partial charge in [-0.25, -0.2) is 0 Å². The maximum absolute atomic E-state index is 12.4. The molecule has 0 heterocycles. The number of amides is 1. The molecule has 0 aliphatic carbocycles. The average molecular weight is 378 g/mol. The van der Waals surface area contributed by atoms with Crippen LogP contribution in [0.1, 0.15) is 35.2 Å². The van der Waals surface area contributed by atoms with Crippen LogP contribution in [0, 0.1) is 18.3 Å². The van der Waals surface area contributed by atoms with Gasteiger partial charge in [-0.3, -0.25) is 14.4 Å². The second-order valence-electron chi connectivity index (χ2n) is 6.24. The van der Waals surface area contributed by atoms with Gasteiger partial charge in [0.25, 0.3) is 5.91 Å². The topological polar surface area (TPSA) is 87.5 Å². The molecule has 0 bridgehead atoms. The van der Waals surface area contributed by atoms with Crippen molar-refractivity contribution in [3.8, 4) is 6.07 Å². The molecule has 28 heavy (non-hydrogen) atoms. The van der Waals surface area contributed by atoms with Gasteiger partial charge in [-0.1, -0.05) is 48.0 Å². The van der Waals surface area contributed by atoms with E-state index < -0.39 is 18.5 Å². The zero-order chi connectivity index (χ0) is 20.4. The minimum Gasteiger partial charge on any atom is -0.456 e. The summed E-state index contributed by atoms with van der Waals surface area (Å²) >= 11 is 0. The molecule has 2 aromatic carbocycles. The SMILES string of the molecule is Cc1ccc(C(=O)CCC(=O)OCC(=O)N(CCC#N)c2ccccc2)cc1.